The number of nitrogens with two attached hydrogens (primary N) is 1. The first-order chi connectivity index (χ1) is 7.68. The van der Waals surface area contributed by atoms with E-state index in [2.05, 4.69) is 30.1 Å². The van der Waals surface area contributed by atoms with E-state index in [1.54, 1.807) is 6.20 Å². The van der Waals surface area contributed by atoms with Gasteiger partial charge in [-0.25, -0.2) is 0 Å². The summed E-state index contributed by atoms with van der Waals surface area (Å²) in [4.78, 5) is 4.11. The largest absolute Gasteiger partial charge is 0.321 e. The Balaban J connectivity index is 2.21. The number of aromatic nitrogens is 1. The molecular weight excluding hydrogens is 196 g/mol. The Hall–Kier alpha value is -1.67. The number of nitrogens with zero attached hydrogens (tertiary/aromatic N) is 1. The minimum absolute atomic E-state index is 0.343. The minimum atomic E-state index is -0.343. The smallest absolute Gasteiger partial charge is 0.0422 e. The highest BCUT2D eigenvalue weighted by Crippen LogP contribution is 2.21. The Morgan fingerprint density at radius 1 is 1.12 bits per heavy atom. The highest BCUT2D eigenvalue weighted by atomic mass is 14.7. The first-order valence-corrected chi connectivity index (χ1v) is 5.42. The Morgan fingerprint density at radius 2 is 1.88 bits per heavy atom. The van der Waals surface area contributed by atoms with Crippen molar-refractivity contribution in [3.8, 4) is 0 Å². The maximum atomic E-state index is 6.34. The number of benzene rings is 1. The van der Waals surface area contributed by atoms with Crippen molar-refractivity contribution >= 4 is 0 Å². The van der Waals surface area contributed by atoms with Gasteiger partial charge >= 0.3 is 0 Å². The molecule has 0 spiro atoms. The molecule has 0 aliphatic rings. The highest BCUT2D eigenvalue weighted by molar-refractivity contribution is 5.26. The van der Waals surface area contributed by atoms with Crippen LogP contribution in [-0.2, 0) is 12.0 Å². The third-order valence-electron chi connectivity index (χ3n) is 2.73. The van der Waals surface area contributed by atoms with E-state index in [4.69, 9.17) is 5.73 Å². The standard InChI is InChI=1S/C14H16N2/c1-14(15,13-7-3-2-4-8-13)10-12-6-5-9-16-11-12/h2-9,11H,10,15H2,1H3. The van der Waals surface area contributed by atoms with Crippen molar-refractivity contribution in [2.75, 3.05) is 0 Å². The van der Waals surface area contributed by atoms with Gasteiger partial charge in [-0.05, 0) is 30.5 Å². The van der Waals surface area contributed by atoms with E-state index in [1.165, 1.54) is 0 Å². The van der Waals surface area contributed by atoms with Crippen LogP contribution < -0.4 is 5.73 Å². The first-order valence-electron chi connectivity index (χ1n) is 5.42. The van der Waals surface area contributed by atoms with Gasteiger partial charge in [0.2, 0.25) is 0 Å². The van der Waals surface area contributed by atoms with Gasteiger partial charge in [-0.2, -0.15) is 0 Å². The molecule has 2 aromatic rings. The molecule has 0 aliphatic heterocycles. The molecule has 2 N–H and O–H groups in total. The molecule has 0 saturated carbocycles. The van der Waals surface area contributed by atoms with Gasteiger partial charge in [-0.3, -0.25) is 4.98 Å². The third kappa shape index (κ3) is 2.47. The summed E-state index contributed by atoms with van der Waals surface area (Å²) < 4.78 is 0. The zero-order valence-corrected chi connectivity index (χ0v) is 9.43. The second kappa shape index (κ2) is 4.45. The first kappa shape index (κ1) is 10.8. The van der Waals surface area contributed by atoms with Gasteiger partial charge in [0, 0.05) is 17.9 Å². The molecule has 2 heteroatoms. The average Bonchev–Trinajstić information content (AvgIpc) is 2.31. The molecular formula is C14H16N2. The van der Waals surface area contributed by atoms with Gasteiger partial charge in [0.05, 0.1) is 0 Å². The van der Waals surface area contributed by atoms with E-state index in [-0.39, 0.29) is 5.54 Å². The molecule has 82 valence electrons. The molecule has 0 amide bonds. The lowest BCUT2D eigenvalue weighted by atomic mass is 9.87. The zero-order chi connectivity index (χ0) is 11.4. The van der Waals surface area contributed by atoms with Crippen molar-refractivity contribution in [3.63, 3.8) is 0 Å². The molecule has 1 atom stereocenters. The molecule has 0 radical (unpaired) electrons. The highest BCUT2D eigenvalue weighted by Gasteiger charge is 2.21. The van der Waals surface area contributed by atoms with Gasteiger partial charge in [-0.15, -0.1) is 0 Å². The topological polar surface area (TPSA) is 38.9 Å². The van der Waals surface area contributed by atoms with Crippen LogP contribution in [0.1, 0.15) is 18.1 Å². The SMILES string of the molecule is CC(N)(Cc1cccnc1)c1ccccc1. The van der Waals surface area contributed by atoms with Crippen molar-refractivity contribution in [1.82, 2.24) is 4.98 Å². The molecule has 16 heavy (non-hydrogen) atoms. The summed E-state index contributed by atoms with van der Waals surface area (Å²) in [7, 11) is 0. The van der Waals surface area contributed by atoms with Gasteiger partial charge in [0.25, 0.3) is 0 Å². The lowest BCUT2D eigenvalue weighted by Crippen LogP contribution is -2.35. The second-order valence-electron chi connectivity index (χ2n) is 4.32. The summed E-state index contributed by atoms with van der Waals surface area (Å²) in [5, 5.41) is 0. The van der Waals surface area contributed by atoms with Crippen LogP contribution in [0, 0.1) is 0 Å². The molecule has 0 saturated heterocycles. The second-order valence-corrected chi connectivity index (χ2v) is 4.32. The number of rotatable bonds is 3. The van der Waals surface area contributed by atoms with Gasteiger partial charge in [0.1, 0.15) is 0 Å². The summed E-state index contributed by atoms with van der Waals surface area (Å²) in [6, 6.07) is 14.2. The molecule has 0 aliphatic carbocycles. The lowest BCUT2D eigenvalue weighted by Gasteiger charge is -2.25. The zero-order valence-electron chi connectivity index (χ0n) is 9.43. The lowest BCUT2D eigenvalue weighted by molar-refractivity contribution is 0.491. The Kier molecular flexibility index (Phi) is 3.02. The molecule has 1 aromatic heterocycles. The monoisotopic (exact) mass is 212 g/mol. The third-order valence-corrected chi connectivity index (χ3v) is 2.73. The van der Waals surface area contributed by atoms with Crippen molar-refractivity contribution < 1.29 is 0 Å². The maximum absolute atomic E-state index is 6.34. The van der Waals surface area contributed by atoms with E-state index in [1.807, 2.05) is 30.5 Å². The van der Waals surface area contributed by atoms with Gasteiger partial charge < -0.3 is 5.73 Å². The molecule has 2 rings (SSSR count). The summed E-state index contributed by atoms with van der Waals surface area (Å²) in [6.07, 6.45) is 4.44. The van der Waals surface area contributed by atoms with Crippen LogP contribution in [0.3, 0.4) is 0 Å². The number of hydrogen-bond donors (Lipinski definition) is 1. The quantitative estimate of drug-likeness (QED) is 0.849. The predicted molar refractivity (Wildman–Crippen MR) is 65.9 cm³/mol. The van der Waals surface area contributed by atoms with E-state index >= 15 is 0 Å². The predicted octanol–water partition coefficient (Wildman–Crippen LogP) is 2.50. The molecule has 1 unspecified atom stereocenters. The number of hydrogen-bond acceptors (Lipinski definition) is 2. The summed E-state index contributed by atoms with van der Waals surface area (Å²) in [6.45, 7) is 2.05. The van der Waals surface area contributed by atoms with Crippen LogP contribution in [0.15, 0.2) is 54.9 Å². The molecule has 0 fully saturated rings. The van der Waals surface area contributed by atoms with Crippen LogP contribution in [0.4, 0.5) is 0 Å². The van der Waals surface area contributed by atoms with Crippen molar-refractivity contribution in [3.05, 3.63) is 66.0 Å². The summed E-state index contributed by atoms with van der Waals surface area (Å²) >= 11 is 0. The van der Waals surface area contributed by atoms with Crippen LogP contribution >= 0.6 is 0 Å². The normalized spacial score (nSPS) is 14.4. The van der Waals surface area contributed by atoms with E-state index in [0.717, 1.165) is 17.5 Å². The van der Waals surface area contributed by atoms with Gasteiger partial charge in [0.15, 0.2) is 0 Å². The van der Waals surface area contributed by atoms with Crippen LogP contribution in [0.2, 0.25) is 0 Å². The average molecular weight is 212 g/mol. The van der Waals surface area contributed by atoms with Crippen LogP contribution in [-0.4, -0.2) is 4.98 Å². The van der Waals surface area contributed by atoms with Gasteiger partial charge in [-0.1, -0.05) is 36.4 Å². The fourth-order valence-corrected chi connectivity index (χ4v) is 1.85. The molecule has 0 bridgehead atoms. The summed E-state index contributed by atoms with van der Waals surface area (Å²) in [5.41, 5.74) is 8.31. The van der Waals surface area contributed by atoms with E-state index < -0.39 is 0 Å². The van der Waals surface area contributed by atoms with E-state index in [9.17, 15) is 0 Å². The van der Waals surface area contributed by atoms with Crippen molar-refractivity contribution in [2.24, 2.45) is 5.73 Å². The number of pyridine rings is 1. The molecule has 1 aromatic carbocycles. The minimum Gasteiger partial charge on any atom is -0.321 e. The van der Waals surface area contributed by atoms with Crippen LogP contribution in [0.5, 0.6) is 0 Å². The Morgan fingerprint density at radius 3 is 2.50 bits per heavy atom. The molecule has 1 heterocycles. The fourth-order valence-electron chi connectivity index (χ4n) is 1.85. The summed E-state index contributed by atoms with van der Waals surface area (Å²) in [5.74, 6) is 0. The fraction of sp³-hybridized carbons (Fsp3) is 0.214. The van der Waals surface area contributed by atoms with E-state index in [0.29, 0.717) is 0 Å². The molecule has 2 nitrogen and oxygen atoms in total. The maximum Gasteiger partial charge on any atom is 0.0422 e. The van der Waals surface area contributed by atoms with Crippen molar-refractivity contribution in [1.29, 1.82) is 0 Å². The van der Waals surface area contributed by atoms with Crippen LogP contribution in [0.25, 0.3) is 0 Å². The van der Waals surface area contributed by atoms with Crippen molar-refractivity contribution in [2.45, 2.75) is 18.9 Å². The Labute approximate surface area is 96.1 Å². The Bertz CT molecular complexity index is 435.